The van der Waals surface area contributed by atoms with Crippen molar-refractivity contribution in [2.24, 2.45) is 0 Å². The number of hydrogen-bond donors (Lipinski definition) is 2. The fourth-order valence-corrected chi connectivity index (χ4v) is 3.11. The average Bonchev–Trinajstić information content (AvgIpc) is 2.63. The van der Waals surface area contributed by atoms with Crippen LogP contribution in [0.3, 0.4) is 0 Å². The van der Waals surface area contributed by atoms with Gasteiger partial charge >= 0.3 is 0 Å². The largest absolute Gasteiger partial charge is 0.349 e. The van der Waals surface area contributed by atoms with Crippen LogP contribution >= 0.6 is 11.8 Å². The maximum absolute atomic E-state index is 12.1. The summed E-state index contributed by atoms with van der Waals surface area (Å²) in [6, 6.07) is 15.9. The highest BCUT2D eigenvalue weighted by molar-refractivity contribution is 8.00. The van der Waals surface area contributed by atoms with Gasteiger partial charge in [-0.1, -0.05) is 48.9 Å². The molecular weight excluding hydrogens is 344 g/mol. The van der Waals surface area contributed by atoms with Gasteiger partial charge in [0.1, 0.15) is 0 Å². The zero-order valence-electron chi connectivity index (χ0n) is 15.5. The highest BCUT2D eigenvalue weighted by atomic mass is 32.2. The summed E-state index contributed by atoms with van der Waals surface area (Å²) in [7, 11) is 0. The minimum absolute atomic E-state index is 0.0459. The third kappa shape index (κ3) is 6.56. The zero-order chi connectivity index (χ0) is 18.9. The van der Waals surface area contributed by atoms with E-state index in [0.29, 0.717) is 0 Å². The first-order valence-corrected chi connectivity index (χ1v) is 9.96. The van der Waals surface area contributed by atoms with Crippen LogP contribution in [0, 0.1) is 6.92 Å². The lowest BCUT2D eigenvalue weighted by molar-refractivity contribution is -0.119. The monoisotopic (exact) mass is 370 g/mol. The highest BCUT2D eigenvalue weighted by Crippen LogP contribution is 2.14. The van der Waals surface area contributed by atoms with E-state index in [9.17, 15) is 9.59 Å². The van der Waals surface area contributed by atoms with Crippen molar-refractivity contribution in [3.63, 3.8) is 0 Å². The highest BCUT2D eigenvalue weighted by Gasteiger charge is 2.11. The molecule has 4 nitrogen and oxygen atoms in total. The Morgan fingerprint density at radius 1 is 0.962 bits per heavy atom. The van der Waals surface area contributed by atoms with Crippen molar-refractivity contribution in [2.75, 3.05) is 16.8 Å². The number of rotatable bonds is 8. The molecule has 0 radical (unpaired) electrons. The van der Waals surface area contributed by atoms with Gasteiger partial charge in [0.25, 0.3) is 0 Å². The lowest BCUT2D eigenvalue weighted by atomic mass is 10.1. The van der Waals surface area contributed by atoms with Crippen LogP contribution in [0.15, 0.2) is 48.5 Å². The molecule has 0 fully saturated rings. The molecule has 0 aliphatic carbocycles. The molecule has 2 amide bonds. The van der Waals surface area contributed by atoms with Crippen LogP contribution in [0.5, 0.6) is 0 Å². The number of carbonyl (C=O) groups is 2. The Morgan fingerprint density at radius 3 is 2.19 bits per heavy atom. The molecule has 0 heterocycles. The van der Waals surface area contributed by atoms with Crippen LogP contribution in [-0.4, -0.2) is 23.3 Å². The summed E-state index contributed by atoms with van der Waals surface area (Å²) in [5.74, 6) is 0.347. The topological polar surface area (TPSA) is 58.2 Å². The number of anilines is 1. The van der Waals surface area contributed by atoms with Crippen LogP contribution < -0.4 is 10.6 Å². The van der Waals surface area contributed by atoms with Gasteiger partial charge in [-0.25, -0.2) is 0 Å². The standard InChI is InChI=1S/C21H26N2O2S/c1-4-17-7-9-18(10-8-17)16(3)22-20(24)13-26-14-21(25)23-19-11-5-15(2)6-12-19/h5-12,16H,4,13-14H2,1-3H3,(H,22,24)(H,23,25). The molecule has 138 valence electrons. The molecule has 2 rings (SSSR count). The summed E-state index contributed by atoms with van der Waals surface area (Å²) in [5, 5.41) is 5.80. The number of amides is 2. The first kappa shape index (κ1) is 20.0. The lowest BCUT2D eigenvalue weighted by Crippen LogP contribution is -2.28. The number of benzene rings is 2. The SMILES string of the molecule is CCc1ccc(C(C)NC(=O)CSCC(=O)Nc2ccc(C)cc2)cc1. The van der Waals surface area contributed by atoms with Crippen LogP contribution in [-0.2, 0) is 16.0 Å². The van der Waals surface area contributed by atoms with E-state index in [1.807, 2.05) is 50.2 Å². The molecule has 0 saturated heterocycles. The summed E-state index contributed by atoms with van der Waals surface area (Å²) in [4.78, 5) is 24.0. The third-order valence-corrected chi connectivity index (χ3v) is 5.00. The predicted molar refractivity (Wildman–Crippen MR) is 110 cm³/mol. The molecule has 0 saturated carbocycles. The quantitative estimate of drug-likeness (QED) is 0.735. The third-order valence-electron chi connectivity index (χ3n) is 4.07. The number of thioether (sulfide) groups is 1. The molecule has 26 heavy (non-hydrogen) atoms. The first-order chi connectivity index (χ1) is 12.5. The molecule has 2 N–H and O–H groups in total. The fourth-order valence-electron chi connectivity index (χ4n) is 2.48. The van der Waals surface area contributed by atoms with Gasteiger partial charge in [-0.3, -0.25) is 9.59 Å². The van der Waals surface area contributed by atoms with Crippen LogP contribution in [0.4, 0.5) is 5.69 Å². The van der Waals surface area contributed by atoms with Gasteiger partial charge in [0.15, 0.2) is 0 Å². The number of nitrogens with one attached hydrogen (secondary N) is 2. The van der Waals surface area contributed by atoms with Gasteiger partial charge in [-0.15, -0.1) is 11.8 Å². The fraction of sp³-hybridized carbons (Fsp3) is 0.333. The smallest absolute Gasteiger partial charge is 0.234 e. The van der Waals surface area contributed by atoms with Crippen molar-refractivity contribution < 1.29 is 9.59 Å². The lowest BCUT2D eigenvalue weighted by Gasteiger charge is -2.14. The van der Waals surface area contributed by atoms with Crippen molar-refractivity contribution in [3.05, 3.63) is 65.2 Å². The maximum atomic E-state index is 12.1. The van der Waals surface area contributed by atoms with Gasteiger partial charge < -0.3 is 10.6 Å². The molecule has 0 bridgehead atoms. The van der Waals surface area contributed by atoms with Crippen LogP contribution in [0.1, 0.15) is 36.6 Å². The van der Waals surface area contributed by atoms with E-state index in [0.717, 1.165) is 23.2 Å². The molecular formula is C21H26N2O2S. The minimum Gasteiger partial charge on any atom is -0.349 e. The van der Waals surface area contributed by atoms with Gasteiger partial charge in [0.2, 0.25) is 11.8 Å². The second-order valence-corrected chi connectivity index (χ2v) is 7.28. The van der Waals surface area contributed by atoms with E-state index in [1.165, 1.54) is 17.3 Å². The molecule has 5 heteroatoms. The Morgan fingerprint density at radius 2 is 1.58 bits per heavy atom. The predicted octanol–water partition coefficient (Wildman–Crippen LogP) is 4.11. The van der Waals surface area contributed by atoms with Gasteiger partial charge in [-0.05, 0) is 43.5 Å². The second kappa shape index (κ2) is 10.0. The molecule has 2 aromatic carbocycles. The van der Waals surface area contributed by atoms with E-state index < -0.39 is 0 Å². The van der Waals surface area contributed by atoms with E-state index >= 15 is 0 Å². The first-order valence-electron chi connectivity index (χ1n) is 8.80. The average molecular weight is 371 g/mol. The van der Waals surface area contributed by atoms with Gasteiger partial charge in [0, 0.05) is 5.69 Å². The van der Waals surface area contributed by atoms with Crippen LogP contribution in [0.25, 0.3) is 0 Å². The van der Waals surface area contributed by atoms with Crippen molar-refractivity contribution in [1.82, 2.24) is 5.32 Å². The van der Waals surface area contributed by atoms with E-state index in [-0.39, 0.29) is 29.4 Å². The molecule has 0 aliphatic heterocycles. The molecule has 0 aromatic heterocycles. The van der Waals surface area contributed by atoms with Gasteiger partial charge in [0.05, 0.1) is 17.5 Å². The summed E-state index contributed by atoms with van der Waals surface area (Å²) < 4.78 is 0. The van der Waals surface area contributed by atoms with Crippen molar-refractivity contribution in [1.29, 1.82) is 0 Å². The van der Waals surface area contributed by atoms with E-state index in [4.69, 9.17) is 0 Å². The molecule has 0 spiro atoms. The van der Waals surface area contributed by atoms with Crippen molar-refractivity contribution in [3.8, 4) is 0 Å². The Bertz CT molecular complexity index is 727. The Kier molecular flexibility index (Phi) is 7.73. The molecule has 1 unspecified atom stereocenters. The van der Waals surface area contributed by atoms with E-state index in [1.54, 1.807) is 0 Å². The van der Waals surface area contributed by atoms with E-state index in [2.05, 4.69) is 29.7 Å². The number of carbonyl (C=O) groups excluding carboxylic acids is 2. The Balaban J connectivity index is 1.70. The normalized spacial score (nSPS) is 11.7. The molecule has 0 aliphatic rings. The van der Waals surface area contributed by atoms with Crippen molar-refractivity contribution >= 4 is 29.3 Å². The summed E-state index contributed by atoms with van der Waals surface area (Å²) >= 11 is 1.31. The number of aryl methyl sites for hydroxylation is 2. The summed E-state index contributed by atoms with van der Waals surface area (Å²) in [5.41, 5.74) is 4.28. The molecule has 1 atom stereocenters. The summed E-state index contributed by atoms with van der Waals surface area (Å²) in [6.07, 6.45) is 1.00. The maximum Gasteiger partial charge on any atom is 0.234 e. The van der Waals surface area contributed by atoms with Gasteiger partial charge in [-0.2, -0.15) is 0 Å². The molecule has 2 aromatic rings. The van der Waals surface area contributed by atoms with Crippen molar-refractivity contribution in [2.45, 2.75) is 33.2 Å². The minimum atomic E-state index is -0.102. The Hall–Kier alpha value is -2.27. The summed E-state index contributed by atoms with van der Waals surface area (Å²) in [6.45, 7) is 6.08. The zero-order valence-corrected chi connectivity index (χ0v) is 16.4. The Labute approximate surface area is 159 Å². The number of hydrogen-bond acceptors (Lipinski definition) is 3. The second-order valence-electron chi connectivity index (χ2n) is 6.29. The van der Waals surface area contributed by atoms with Crippen LogP contribution in [0.2, 0.25) is 0 Å².